The molecule has 1 heterocycles. The Hall–Kier alpha value is -1.66. The quantitative estimate of drug-likeness (QED) is 0.391. The van der Waals surface area contributed by atoms with Crippen molar-refractivity contribution in [2.45, 2.75) is 51.6 Å². The lowest BCUT2D eigenvalue weighted by Gasteiger charge is -2.40. The summed E-state index contributed by atoms with van der Waals surface area (Å²) in [4.78, 5) is 2.05. The van der Waals surface area contributed by atoms with Gasteiger partial charge in [0.2, 0.25) is 10.0 Å². The molecule has 1 aliphatic heterocycles. The summed E-state index contributed by atoms with van der Waals surface area (Å²) in [6, 6.07) is 5.16. The highest BCUT2D eigenvalue weighted by atomic mass is 32.2. The number of hydroxylamine groups is 1. The topological polar surface area (TPSA) is 72.9 Å². The molecule has 2 atom stereocenters. The molecule has 1 saturated heterocycles. The van der Waals surface area contributed by atoms with E-state index >= 15 is 0 Å². The summed E-state index contributed by atoms with van der Waals surface area (Å²) in [6.45, 7) is 5.34. The van der Waals surface area contributed by atoms with E-state index in [0.717, 1.165) is 24.9 Å². The number of hydrogen-bond donors (Lipinski definition) is 2. The van der Waals surface area contributed by atoms with Gasteiger partial charge >= 0.3 is 0 Å². The number of nitrogens with one attached hydrogen (secondary N) is 1. The number of hydrogen-bond acceptors (Lipinski definition) is 5. The molecule has 0 spiro atoms. The van der Waals surface area contributed by atoms with Crippen molar-refractivity contribution in [2.75, 3.05) is 30.3 Å². The maximum absolute atomic E-state index is 13.1. The zero-order chi connectivity index (χ0) is 20.6. The summed E-state index contributed by atoms with van der Waals surface area (Å²) >= 11 is 0. The van der Waals surface area contributed by atoms with Gasteiger partial charge in [0.15, 0.2) is 0 Å². The highest BCUT2D eigenvalue weighted by Crippen LogP contribution is 2.21. The number of piperazine rings is 1. The molecule has 1 fully saturated rings. The van der Waals surface area contributed by atoms with Crippen LogP contribution in [-0.2, 0) is 10.0 Å². The van der Waals surface area contributed by atoms with E-state index < -0.39 is 16.1 Å². The van der Waals surface area contributed by atoms with Crippen molar-refractivity contribution in [2.24, 2.45) is 0 Å². The van der Waals surface area contributed by atoms with Crippen molar-refractivity contribution in [3.8, 4) is 11.8 Å². The lowest BCUT2D eigenvalue weighted by Crippen LogP contribution is -2.55. The monoisotopic (exact) mass is 411 g/mol. The molecule has 0 aliphatic carbocycles. The van der Waals surface area contributed by atoms with Crippen LogP contribution in [0.5, 0.6) is 0 Å². The number of unbranched alkanes of at least 4 members (excludes halogenated alkanes) is 3. The molecule has 0 amide bonds. The molecular formula is C20H30FN3O3S. The third-order valence-electron chi connectivity index (χ3n) is 4.83. The molecule has 2 N–H and O–H groups in total. The van der Waals surface area contributed by atoms with Crippen LogP contribution in [-0.4, -0.2) is 55.4 Å². The van der Waals surface area contributed by atoms with Crippen molar-refractivity contribution in [3.63, 3.8) is 0 Å². The Morgan fingerprint density at radius 3 is 2.61 bits per heavy atom. The normalized spacial score (nSPS) is 19.1. The Kier molecular flexibility index (Phi) is 8.70. The van der Waals surface area contributed by atoms with Crippen LogP contribution in [0, 0.1) is 17.7 Å². The average molecular weight is 412 g/mol. The molecule has 1 aromatic rings. The number of anilines is 1. The lowest BCUT2D eigenvalue weighted by atomic mass is 10.2. The zero-order valence-electron chi connectivity index (χ0n) is 16.6. The van der Waals surface area contributed by atoms with Crippen LogP contribution in [0.3, 0.4) is 0 Å². The Morgan fingerprint density at radius 1 is 1.29 bits per heavy atom. The molecule has 0 aromatic heterocycles. The van der Waals surface area contributed by atoms with Gasteiger partial charge in [-0.3, -0.25) is 0 Å². The fourth-order valence-electron chi connectivity index (χ4n) is 3.32. The second kappa shape index (κ2) is 10.8. The van der Waals surface area contributed by atoms with Crippen molar-refractivity contribution in [1.82, 2.24) is 9.79 Å². The van der Waals surface area contributed by atoms with Gasteiger partial charge in [0.05, 0.1) is 5.75 Å². The van der Waals surface area contributed by atoms with Crippen LogP contribution in [0.25, 0.3) is 0 Å². The fraction of sp³-hybridized carbons (Fsp3) is 0.600. The SMILES string of the molecule is CCCCCC#C[C@H](CS(=O)(=O)N1CCN(c2ccc(F)cc2)C[C@H]1C)NO. The number of sulfonamides is 1. The first-order chi connectivity index (χ1) is 13.4. The molecule has 0 unspecified atom stereocenters. The maximum Gasteiger partial charge on any atom is 0.217 e. The van der Waals surface area contributed by atoms with E-state index in [1.807, 2.05) is 17.3 Å². The molecule has 0 bridgehead atoms. The highest BCUT2D eigenvalue weighted by Gasteiger charge is 2.34. The van der Waals surface area contributed by atoms with E-state index in [2.05, 4.69) is 18.8 Å². The second-order valence-corrected chi connectivity index (χ2v) is 9.09. The third kappa shape index (κ3) is 6.45. The largest absolute Gasteiger partial charge is 0.369 e. The van der Waals surface area contributed by atoms with Crippen LogP contribution in [0.4, 0.5) is 10.1 Å². The van der Waals surface area contributed by atoms with Crippen LogP contribution >= 0.6 is 0 Å². The van der Waals surface area contributed by atoms with E-state index in [9.17, 15) is 18.0 Å². The standard InChI is InChI=1S/C20H30FN3O3S/c1-3-4-5-6-7-8-19(22-25)16-28(26,27)24-14-13-23(15-17(24)2)20-11-9-18(21)10-12-20/h9-12,17,19,22,25H,3-6,13-16H2,1-2H3/t17-,19-/m1/s1. The molecule has 1 aromatic carbocycles. The first-order valence-electron chi connectivity index (χ1n) is 9.75. The van der Waals surface area contributed by atoms with E-state index in [0.29, 0.717) is 26.1 Å². The molecule has 0 saturated carbocycles. The highest BCUT2D eigenvalue weighted by molar-refractivity contribution is 7.89. The van der Waals surface area contributed by atoms with Gasteiger partial charge in [0.1, 0.15) is 11.9 Å². The smallest absolute Gasteiger partial charge is 0.217 e. The van der Waals surface area contributed by atoms with Gasteiger partial charge in [-0.2, -0.15) is 9.79 Å². The summed E-state index contributed by atoms with van der Waals surface area (Å²) in [5, 5.41) is 9.30. The van der Waals surface area contributed by atoms with Gasteiger partial charge < -0.3 is 10.1 Å². The van der Waals surface area contributed by atoms with Gasteiger partial charge in [-0.05, 0) is 37.6 Å². The molecule has 156 valence electrons. The molecule has 28 heavy (non-hydrogen) atoms. The van der Waals surface area contributed by atoms with Crippen LogP contribution in [0.15, 0.2) is 24.3 Å². The fourth-order valence-corrected chi connectivity index (χ4v) is 5.06. The van der Waals surface area contributed by atoms with Crippen LogP contribution in [0.1, 0.15) is 39.5 Å². The Bertz CT molecular complexity index is 774. The van der Waals surface area contributed by atoms with Crippen LogP contribution in [0.2, 0.25) is 0 Å². The Balaban J connectivity index is 1.96. The molecule has 8 heteroatoms. The zero-order valence-corrected chi connectivity index (χ0v) is 17.4. The van der Waals surface area contributed by atoms with E-state index in [1.54, 1.807) is 12.1 Å². The average Bonchev–Trinajstić information content (AvgIpc) is 2.67. The molecule has 1 aliphatic rings. The predicted octanol–water partition coefficient (Wildman–Crippen LogP) is 2.60. The van der Waals surface area contributed by atoms with Crippen molar-refractivity contribution in [1.29, 1.82) is 0 Å². The number of nitrogens with zero attached hydrogens (tertiary/aromatic N) is 2. The van der Waals surface area contributed by atoms with Gasteiger partial charge in [-0.25, -0.2) is 12.8 Å². The molecule has 0 radical (unpaired) electrons. The number of halogens is 1. The van der Waals surface area contributed by atoms with E-state index in [4.69, 9.17) is 0 Å². The molecule has 2 rings (SSSR count). The summed E-state index contributed by atoms with van der Waals surface area (Å²) in [5.41, 5.74) is 2.89. The minimum Gasteiger partial charge on any atom is -0.369 e. The third-order valence-corrected chi connectivity index (χ3v) is 6.84. The van der Waals surface area contributed by atoms with Gasteiger partial charge in [0.25, 0.3) is 0 Å². The molecular weight excluding hydrogens is 381 g/mol. The Labute approximate surface area is 167 Å². The van der Waals surface area contributed by atoms with Crippen molar-refractivity contribution < 1.29 is 18.0 Å². The maximum atomic E-state index is 13.1. The van der Waals surface area contributed by atoms with Crippen LogP contribution < -0.4 is 10.4 Å². The summed E-state index contributed by atoms with van der Waals surface area (Å²) in [6.07, 6.45) is 3.84. The predicted molar refractivity (Wildman–Crippen MR) is 109 cm³/mol. The first-order valence-corrected chi connectivity index (χ1v) is 11.4. The second-order valence-electron chi connectivity index (χ2n) is 7.12. The van der Waals surface area contributed by atoms with Gasteiger partial charge in [-0.1, -0.05) is 25.7 Å². The van der Waals surface area contributed by atoms with Gasteiger partial charge in [0, 0.05) is 37.8 Å². The van der Waals surface area contributed by atoms with Crippen molar-refractivity contribution >= 4 is 15.7 Å². The van der Waals surface area contributed by atoms with E-state index in [-0.39, 0.29) is 17.6 Å². The number of rotatable bonds is 8. The van der Waals surface area contributed by atoms with Gasteiger partial charge in [-0.15, -0.1) is 5.92 Å². The van der Waals surface area contributed by atoms with E-state index in [1.165, 1.54) is 16.4 Å². The van der Waals surface area contributed by atoms with Crippen molar-refractivity contribution in [3.05, 3.63) is 30.1 Å². The summed E-state index contributed by atoms with van der Waals surface area (Å²) in [5.74, 6) is 5.19. The molecule has 6 nitrogen and oxygen atoms in total. The minimum atomic E-state index is -3.58. The lowest BCUT2D eigenvalue weighted by molar-refractivity contribution is 0.152. The first kappa shape index (κ1) is 22.6. The summed E-state index contributed by atoms with van der Waals surface area (Å²) in [7, 11) is -3.58. The summed E-state index contributed by atoms with van der Waals surface area (Å²) < 4.78 is 40.2. The minimum absolute atomic E-state index is 0.236. The Morgan fingerprint density at radius 2 is 2.00 bits per heavy atom. The number of benzene rings is 1.